The summed E-state index contributed by atoms with van der Waals surface area (Å²) < 4.78 is 4.22. The SMILES string of the molecule is O=C(NCc1nc2ccccc2n1CCc1ccccc1)c1ccc(-n2cccc2)cc1. The average Bonchev–Trinajstić information content (AvgIpc) is 3.50. The molecule has 2 heterocycles. The van der Waals surface area contributed by atoms with Crippen LogP contribution < -0.4 is 5.32 Å². The number of hydrogen-bond donors (Lipinski definition) is 1. The molecule has 0 saturated heterocycles. The van der Waals surface area contributed by atoms with Crippen LogP contribution in [0.4, 0.5) is 0 Å². The zero-order valence-corrected chi connectivity index (χ0v) is 17.7. The largest absolute Gasteiger partial charge is 0.345 e. The molecule has 0 fully saturated rings. The molecule has 0 aliphatic carbocycles. The van der Waals surface area contributed by atoms with E-state index in [-0.39, 0.29) is 5.91 Å². The highest BCUT2D eigenvalue weighted by Gasteiger charge is 2.13. The van der Waals surface area contributed by atoms with Crippen LogP contribution in [0.2, 0.25) is 0 Å². The highest BCUT2D eigenvalue weighted by molar-refractivity contribution is 5.94. The van der Waals surface area contributed by atoms with Gasteiger partial charge in [0, 0.05) is 30.2 Å². The second-order valence-corrected chi connectivity index (χ2v) is 7.72. The van der Waals surface area contributed by atoms with Gasteiger partial charge in [-0.2, -0.15) is 0 Å². The number of aromatic nitrogens is 3. The number of carbonyl (C=O) groups is 1. The molecule has 5 nitrogen and oxygen atoms in total. The number of fused-ring (bicyclic) bond motifs is 1. The molecule has 0 radical (unpaired) electrons. The molecule has 0 spiro atoms. The van der Waals surface area contributed by atoms with Crippen molar-refractivity contribution in [3.05, 3.63) is 120 Å². The van der Waals surface area contributed by atoms with Crippen LogP contribution in [0.15, 0.2) is 103 Å². The molecule has 158 valence electrons. The lowest BCUT2D eigenvalue weighted by atomic mass is 10.1. The van der Waals surface area contributed by atoms with Crippen molar-refractivity contribution in [2.75, 3.05) is 0 Å². The van der Waals surface area contributed by atoms with Crippen LogP contribution in [-0.2, 0) is 19.5 Å². The highest BCUT2D eigenvalue weighted by atomic mass is 16.1. The number of nitrogens with one attached hydrogen (secondary N) is 1. The number of benzene rings is 3. The number of para-hydroxylation sites is 2. The van der Waals surface area contributed by atoms with E-state index in [1.54, 1.807) is 0 Å². The molecule has 32 heavy (non-hydrogen) atoms. The molecule has 0 unspecified atom stereocenters. The fourth-order valence-electron chi connectivity index (χ4n) is 3.95. The Morgan fingerprint density at radius 3 is 2.31 bits per heavy atom. The zero-order chi connectivity index (χ0) is 21.8. The third kappa shape index (κ3) is 4.18. The van der Waals surface area contributed by atoms with E-state index in [2.05, 4.69) is 40.2 Å². The number of aryl methyl sites for hydroxylation is 2. The molecule has 5 aromatic rings. The summed E-state index contributed by atoms with van der Waals surface area (Å²) >= 11 is 0. The van der Waals surface area contributed by atoms with Crippen LogP contribution in [-0.4, -0.2) is 20.0 Å². The first-order valence-electron chi connectivity index (χ1n) is 10.8. The van der Waals surface area contributed by atoms with Gasteiger partial charge in [-0.25, -0.2) is 4.98 Å². The van der Waals surface area contributed by atoms with Crippen LogP contribution in [0.25, 0.3) is 16.7 Å². The van der Waals surface area contributed by atoms with Crippen molar-refractivity contribution in [1.29, 1.82) is 0 Å². The van der Waals surface area contributed by atoms with Gasteiger partial charge in [0.2, 0.25) is 0 Å². The van der Waals surface area contributed by atoms with Crippen LogP contribution in [0.3, 0.4) is 0 Å². The number of nitrogens with zero attached hydrogens (tertiary/aromatic N) is 3. The molecule has 0 bridgehead atoms. The first-order valence-corrected chi connectivity index (χ1v) is 10.8. The maximum Gasteiger partial charge on any atom is 0.251 e. The van der Waals surface area contributed by atoms with Crippen molar-refractivity contribution in [3.63, 3.8) is 0 Å². The van der Waals surface area contributed by atoms with Crippen LogP contribution in [0.1, 0.15) is 21.7 Å². The maximum atomic E-state index is 12.8. The molecule has 1 amide bonds. The van der Waals surface area contributed by atoms with E-state index < -0.39 is 0 Å². The van der Waals surface area contributed by atoms with Gasteiger partial charge in [-0.15, -0.1) is 0 Å². The summed E-state index contributed by atoms with van der Waals surface area (Å²) in [5.74, 6) is 0.755. The van der Waals surface area contributed by atoms with E-state index >= 15 is 0 Å². The molecule has 5 rings (SSSR count). The molecular formula is C27H24N4O. The van der Waals surface area contributed by atoms with Gasteiger partial charge in [-0.3, -0.25) is 4.79 Å². The van der Waals surface area contributed by atoms with Gasteiger partial charge in [0.1, 0.15) is 5.82 Å². The third-order valence-corrected chi connectivity index (χ3v) is 5.64. The van der Waals surface area contributed by atoms with Gasteiger partial charge in [0.15, 0.2) is 0 Å². The number of hydrogen-bond acceptors (Lipinski definition) is 2. The summed E-state index contributed by atoms with van der Waals surface area (Å²) in [6.07, 6.45) is 4.87. The molecule has 0 aliphatic rings. The van der Waals surface area contributed by atoms with Gasteiger partial charge < -0.3 is 14.5 Å². The summed E-state index contributed by atoms with van der Waals surface area (Å²) in [7, 11) is 0. The van der Waals surface area contributed by atoms with E-state index in [1.165, 1.54) is 5.56 Å². The Bertz CT molecular complexity index is 1320. The summed E-state index contributed by atoms with van der Waals surface area (Å²) in [5, 5.41) is 3.04. The smallest absolute Gasteiger partial charge is 0.251 e. The lowest BCUT2D eigenvalue weighted by molar-refractivity contribution is 0.0949. The first-order chi connectivity index (χ1) is 15.8. The van der Waals surface area contributed by atoms with Crippen molar-refractivity contribution >= 4 is 16.9 Å². The Morgan fingerprint density at radius 1 is 0.812 bits per heavy atom. The van der Waals surface area contributed by atoms with Crippen LogP contribution >= 0.6 is 0 Å². The van der Waals surface area contributed by atoms with Gasteiger partial charge in [-0.1, -0.05) is 42.5 Å². The summed E-state index contributed by atoms with van der Waals surface area (Å²) in [4.78, 5) is 17.6. The highest BCUT2D eigenvalue weighted by Crippen LogP contribution is 2.17. The predicted molar refractivity (Wildman–Crippen MR) is 127 cm³/mol. The van der Waals surface area contributed by atoms with Crippen LogP contribution in [0, 0.1) is 0 Å². The minimum atomic E-state index is -0.106. The van der Waals surface area contributed by atoms with Crippen molar-refractivity contribution in [3.8, 4) is 5.69 Å². The lowest BCUT2D eigenvalue weighted by Gasteiger charge is -2.11. The standard InChI is InChI=1S/C27H24N4O/c32-27(22-12-14-23(15-13-22)30-17-6-7-18-30)28-20-26-29-24-10-4-5-11-25(24)31(26)19-16-21-8-2-1-3-9-21/h1-15,17-18H,16,19-20H2,(H,28,32). The van der Waals surface area contributed by atoms with Gasteiger partial charge in [0.25, 0.3) is 5.91 Å². The Labute approximate surface area is 187 Å². The normalized spacial score (nSPS) is 11.0. The van der Waals surface area contributed by atoms with E-state index in [0.29, 0.717) is 12.1 Å². The number of rotatable bonds is 7. The van der Waals surface area contributed by atoms with Crippen molar-refractivity contribution in [2.45, 2.75) is 19.5 Å². The molecule has 5 heteroatoms. The van der Waals surface area contributed by atoms with E-state index in [0.717, 1.165) is 35.5 Å². The molecule has 0 saturated carbocycles. The predicted octanol–water partition coefficient (Wildman–Crippen LogP) is 5.00. The molecular weight excluding hydrogens is 396 g/mol. The molecule has 0 atom stereocenters. The van der Waals surface area contributed by atoms with Crippen molar-refractivity contribution < 1.29 is 4.79 Å². The monoisotopic (exact) mass is 420 g/mol. The second-order valence-electron chi connectivity index (χ2n) is 7.72. The van der Waals surface area contributed by atoms with Gasteiger partial charge in [-0.05, 0) is 60.5 Å². The van der Waals surface area contributed by atoms with Gasteiger partial charge >= 0.3 is 0 Å². The Morgan fingerprint density at radius 2 is 1.53 bits per heavy atom. The number of carbonyl (C=O) groups excluding carboxylic acids is 1. The second kappa shape index (κ2) is 8.94. The lowest BCUT2D eigenvalue weighted by Crippen LogP contribution is -2.25. The average molecular weight is 421 g/mol. The summed E-state index contributed by atoms with van der Waals surface area (Å²) in [5.41, 5.74) is 4.97. The minimum Gasteiger partial charge on any atom is -0.345 e. The Kier molecular flexibility index (Phi) is 5.54. The molecule has 0 aliphatic heterocycles. The zero-order valence-electron chi connectivity index (χ0n) is 17.7. The van der Waals surface area contributed by atoms with E-state index in [9.17, 15) is 4.79 Å². The topological polar surface area (TPSA) is 51.9 Å². The number of imidazole rings is 1. The molecule has 1 N–H and O–H groups in total. The van der Waals surface area contributed by atoms with Crippen molar-refractivity contribution in [2.24, 2.45) is 0 Å². The summed E-state index contributed by atoms with van der Waals surface area (Å²) in [6.45, 7) is 1.18. The maximum absolute atomic E-state index is 12.8. The quantitative estimate of drug-likeness (QED) is 0.403. The van der Waals surface area contributed by atoms with E-state index in [1.807, 2.05) is 77.6 Å². The minimum absolute atomic E-state index is 0.106. The van der Waals surface area contributed by atoms with Crippen LogP contribution in [0.5, 0.6) is 0 Å². The van der Waals surface area contributed by atoms with E-state index in [4.69, 9.17) is 4.98 Å². The Hall–Kier alpha value is -4.12. The fraction of sp³-hybridized carbons (Fsp3) is 0.111. The molecule has 3 aromatic carbocycles. The molecule has 2 aromatic heterocycles. The van der Waals surface area contributed by atoms with Crippen molar-refractivity contribution in [1.82, 2.24) is 19.4 Å². The summed E-state index contributed by atoms with van der Waals surface area (Å²) in [6, 6.07) is 30.1. The fourth-order valence-corrected chi connectivity index (χ4v) is 3.95. The number of amides is 1. The third-order valence-electron chi connectivity index (χ3n) is 5.64. The first kappa shape index (κ1) is 19.8. The van der Waals surface area contributed by atoms with Gasteiger partial charge in [0.05, 0.1) is 17.6 Å². The Balaban J connectivity index is 1.31.